The highest BCUT2D eigenvalue weighted by molar-refractivity contribution is 5.81. The van der Waals surface area contributed by atoms with Crippen molar-refractivity contribution in [2.75, 3.05) is 6.61 Å². The molecule has 1 unspecified atom stereocenters. The zero-order chi connectivity index (χ0) is 12.9. The molecule has 1 heterocycles. The summed E-state index contributed by atoms with van der Waals surface area (Å²) in [6, 6.07) is -0.413. The summed E-state index contributed by atoms with van der Waals surface area (Å²) < 4.78 is 5.48. The van der Waals surface area contributed by atoms with Crippen molar-refractivity contribution < 1.29 is 14.3 Å². The van der Waals surface area contributed by atoms with E-state index in [1.165, 1.54) is 0 Å². The van der Waals surface area contributed by atoms with Gasteiger partial charge in [0.1, 0.15) is 18.1 Å². The summed E-state index contributed by atoms with van der Waals surface area (Å²) in [5.41, 5.74) is -0.645. The highest BCUT2D eigenvalue weighted by atomic mass is 16.5. The summed E-state index contributed by atoms with van der Waals surface area (Å²) >= 11 is 0. The molecule has 0 aliphatic carbocycles. The molecule has 1 fully saturated rings. The van der Waals surface area contributed by atoms with E-state index in [1.54, 1.807) is 4.90 Å². The summed E-state index contributed by atoms with van der Waals surface area (Å²) in [5, 5.41) is 0. The minimum Gasteiger partial charge on any atom is -0.354 e. The molecule has 1 atom stereocenters. The van der Waals surface area contributed by atoms with Gasteiger partial charge in [-0.1, -0.05) is 26.2 Å². The van der Waals surface area contributed by atoms with Crippen molar-refractivity contribution in [3.05, 3.63) is 0 Å². The predicted octanol–water partition coefficient (Wildman–Crippen LogP) is 2.12. The third-order valence-corrected chi connectivity index (χ3v) is 3.19. The van der Waals surface area contributed by atoms with Crippen LogP contribution in [-0.2, 0) is 14.3 Å². The Balaban J connectivity index is 2.50. The lowest BCUT2D eigenvalue weighted by Crippen LogP contribution is -2.48. The summed E-state index contributed by atoms with van der Waals surface area (Å²) in [7, 11) is 0. The Kier molecular flexibility index (Phi) is 5.12. The molecule has 4 heteroatoms. The van der Waals surface area contributed by atoms with Crippen LogP contribution in [0.15, 0.2) is 0 Å². The van der Waals surface area contributed by atoms with Crippen LogP contribution >= 0.6 is 0 Å². The van der Waals surface area contributed by atoms with Crippen molar-refractivity contribution >= 4 is 12.2 Å². The number of unbranched alkanes of at least 4 members (excludes halogenated alkanes) is 3. The third kappa shape index (κ3) is 3.53. The molecule has 0 saturated carbocycles. The Hall–Kier alpha value is -0.900. The van der Waals surface area contributed by atoms with E-state index in [1.807, 2.05) is 13.8 Å². The van der Waals surface area contributed by atoms with Crippen LogP contribution in [0.4, 0.5) is 0 Å². The molecule has 0 spiro atoms. The van der Waals surface area contributed by atoms with Crippen molar-refractivity contribution in [2.45, 2.75) is 64.6 Å². The van der Waals surface area contributed by atoms with Gasteiger partial charge in [-0.05, 0) is 20.3 Å². The number of aldehydes is 1. The quantitative estimate of drug-likeness (QED) is 0.528. The lowest BCUT2D eigenvalue weighted by atomic mass is 10.1. The molecule has 4 nitrogen and oxygen atoms in total. The number of carbonyl (C=O) groups is 2. The van der Waals surface area contributed by atoms with Gasteiger partial charge in [0.25, 0.3) is 0 Å². The normalized spacial score (nSPS) is 22.8. The van der Waals surface area contributed by atoms with Gasteiger partial charge in [0.15, 0.2) is 0 Å². The average Bonchev–Trinajstić information content (AvgIpc) is 2.59. The summed E-state index contributed by atoms with van der Waals surface area (Å²) in [6.07, 6.45) is 5.59. The monoisotopic (exact) mass is 241 g/mol. The molecular weight excluding hydrogens is 218 g/mol. The van der Waals surface area contributed by atoms with Gasteiger partial charge in [0.05, 0.1) is 6.61 Å². The fourth-order valence-electron chi connectivity index (χ4n) is 2.24. The van der Waals surface area contributed by atoms with Crippen molar-refractivity contribution in [3.8, 4) is 0 Å². The van der Waals surface area contributed by atoms with Crippen molar-refractivity contribution in [1.29, 1.82) is 0 Å². The van der Waals surface area contributed by atoms with Crippen LogP contribution < -0.4 is 0 Å². The summed E-state index contributed by atoms with van der Waals surface area (Å²) in [6.45, 7) is 6.12. The van der Waals surface area contributed by atoms with E-state index in [0.29, 0.717) is 13.0 Å². The Morgan fingerprint density at radius 2 is 2.12 bits per heavy atom. The van der Waals surface area contributed by atoms with Crippen LogP contribution in [0, 0.1) is 0 Å². The number of amides is 1. The van der Waals surface area contributed by atoms with E-state index >= 15 is 0 Å². The SMILES string of the molecule is CCCCCCC(=O)N1C(C=O)COC1(C)C. The fourth-order valence-corrected chi connectivity index (χ4v) is 2.24. The zero-order valence-corrected chi connectivity index (χ0v) is 11.1. The number of hydrogen-bond acceptors (Lipinski definition) is 3. The molecule has 0 aromatic carbocycles. The number of carbonyl (C=O) groups excluding carboxylic acids is 2. The number of rotatable bonds is 6. The minimum atomic E-state index is -0.645. The van der Waals surface area contributed by atoms with E-state index in [-0.39, 0.29) is 5.91 Å². The van der Waals surface area contributed by atoms with Gasteiger partial charge in [0, 0.05) is 6.42 Å². The highest BCUT2D eigenvalue weighted by Gasteiger charge is 2.43. The van der Waals surface area contributed by atoms with Crippen molar-refractivity contribution in [1.82, 2.24) is 4.90 Å². The Morgan fingerprint density at radius 1 is 1.41 bits per heavy atom. The van der Waals surface area contributed by atoms with E-state index < -0.39 is 11.8 Å². The second-order valence-corrected chi connectivity index (χ2v) is 5.04. The van der Waals surface area contributed by atoms with Crippen LogP contribution in [0.1, 0.15) is 52.9 Å². The Labute approximate surface area is 103 Å². The summed E-state index contributed by atoms with van der Waals surface area (Å²) in [5.74, 6) is 0.0284. The molecule has 1 aliphatic rings. The first-order chi connectivity index (χ1) is 8.03. The molecule has 17 heavy (non-hydrogen) atoms. The smallest absolute Gasteiger partial charge is 0.225 e. The Morgan fingerprint density at radius 3 is 2.71 bits per heavy atom. The first-order valence-corrected chi connectivity index (χ1v) is 6.44. The zero-order valence-electron chi connectivity index (χ0n) is 11.1. The molecular formula is C13H23NO3. The van der Waals surface area contributed by atoms with Gasteiger partial charge in [0.2, 0.25) is 5.91 Å². The molecule has 1 saturated heterocycles. The second kappa shape index (κ2) is 6.15. The van der Waals surface area contributed by atoms with Crippen LogP contribution in [0.25, 0.3) is 0 Å². The van der Waals surface area contributed by atoms with E-state index in [2.05, 4.69) is 6.92 Å². The Bertz CT molecular complexity index is 276. The maximum absolute atomic E-state index is 12.1. The standard InChI is InChI=1S/C13H23NO3/c1-4-5-6-7-8-12(16)14-11(9-15)10-17-13(14,2)3/h9,11H,4-8,10H2,1-3H3. The maximum atomic E-state index is 12.1. The van der Waals surface area contributed by atoms with Crippen molar-refractivity contribution in [2.24, 2.45) is 0 Å². The predicted molar refractivity (Wildman–Crippen MR) is 65.5 cm³/mol. The first-order valence-electron chi connectivity index (χ1n) is 6.44. The molecule has 0 bridgehead atoms. The molecule has 0 radical (unpaired) electrons. The summed E-state index contributed by atoms with van der Waals surface area (Å²) in [4.78, 5) is 24.6. The van der Waals surface area contributed by atoms with Crippen LogP contribution in [0.5, 0.6) is 0 Å². The highest BCUT2D eigenvalue weighted by Crippen LogP contribution is 2.27. The van der Waals surface area contributed by atoms with Gasteiger partial charge in [-0.15, -0.1) is 0 Å². The van der Waals surface area contributed by atoms with E-state index in [4.69, 9.17) is 4.74 Å². The van der Waals surface area contributed by atoms with Gasteiger partial charge in [-0.2, -0.15) is 0 Å². The van der Waals surface area contributed by atoms with Gasteiger partial charge in [-0.3, -0.25) is 4.79 Å². The topological polar surface area (TPSA) is 46.6 Å². The van der Waals surface area contributed by atoms with Gasteiger partial charge >= 0.3 is 0 Å². The molecule has 0 aromatic heterocycles. The van der Waals surface area contributed by atoms with Crippen molar-refractivity contribution in [3.63, 3.8) is 0 Å². The first kappa shape index (κ1) is 14.2. The average molecular weight is 241 g/mol. The number of nitrogens with zero attached hydrogens (tertiary/aromatic N) is 1. The molecule has 98 valence electrons. The van der Waals surface area contributed by atoms with E-state index in [0.717, 1.165) is 32.0 Å². The minimum absolute atomic E-state index is 0.0284. The maximum Gasteiger partial charge on any atom is 0.225 e. The van der Waals surface area contributed by atoms with Crippen LogP contribution in [0.3, 0.4) is 0 Å². The lowest BCUT2D eigenvalue weighted by Gasteiger charge is -2.32. The third-order valence-electron chi connectivity index (χ3n) is 3.19. The molecule has 0 N–H and O–H groups in total. The fraction of sp³-hybridized carbons (Fsp3) is 0.846. The number of ether oxygens (including phenoxy) is 1. The molecule has 1 rings (SSSR count). The van der Waals surface area contributed by atoms with Crippen LogP contribution in [-0.4, -0.2) is 35.5 Å². The van der Waals surface area contributed by atoms with Crippen LogP contribution in [0.2, 0.25) is 0 Å². The molecule has 1 aliphatic heterocycles. The van der Waals surface area contributed by atoms with Gasteiger partial charge in [-0.25, -0.2) is 0 Å². The largest absolute Gasteiger partial charge is 0.354 e. The lowest BCUT2D eigenvalue weighted by molar-refractivity contribution is -0.147. The van der Waals surface area contributed by atoms with Gasteiger partial charge < -0.3 is 14.4 Å². The van der Waals surface area contributed by atoms with E-state index in [9.17, 15) is 9.59 Å². The second-order valence-electron chi connectivity index (χ2n) is 5.04. The molecule has 1 amide bonds. The molecule has 0 aromatic rings. The number of hydrogen-bond donors (Lipinski definition) is 0.